The van der Waals surface area contributed by atoms with Gasteiger partial charge >= 0.3 is 6.18 Å². The average molecular weight is 510 g/mol. The molecule has 2 heterocycles. The van der Waals surface area contributed by atoms with E-state index in [-0.39, 0.29) is 30.0 Å². The van der Waals surface area contributed by atoms with Crippen LogP contribution in [-0.2, 0) is 11.0 Å². The molecule has 7 nitrogen and oxygen atoms in total. The number of benzene rings is 1. The van der Waals surface area contributed by atoms with Crippen LogP contribution in [0.5, 0.6) is 0 Å². The van der Waals surface area contributed by atoms with E-state index in [0.29, 0.717) is 44.4 Å². The monoisotopic (exact) mass is 509 g/mol. The molecule has 1 aliphatic heterocycles. The number of rotatable bonds is 6. The molecule has 1 aliphatic carbocycles. The second-order valence-electron chi connectivity index (χ2n) is 9.81. The minimum atomic E-state index is -4.80. The van der Waals surface area contributed by atoms with Crippen LogP contribution < -0.4 is 10.2 Å². The lowest BCUT2D eigenvalue weighted by Crippen LogP contribution is -2.51. The summed E-state index contributed by atoms with van der Waals surface area (Å²) in [4.78, 5) is 25.9. The minimum absolute atomic E-state index is 0.0358. The maximum absolute atomic E-state index is 14.3. The average Bonchev–Trinajstić information content (AvgIpc) is 3.12. The number of piperazine rings is 1. The highest BCUT2D eigenvalue weighted by molar-refractivity contribution is 5.84. The zero-order valence-electron chi connectivity index (χ0n) is 20.5. The molecule has 1 aromatic carbocycles. The molecule has 1 aromatic heterocycles. The fourth-order valence-electron chi connectivity index (χ4n) is 4.99. The van der Waals surface area contributed by atoms with E-state index in [4.69, 9.17) is 0 Å². The van der Waals surface area contributed by atoms with Gasteiger partial charge in [-0.05, 0) is 30.0 Å². The van der Waals surface area contributed by atoms with Crippen molar-refractivity contribution >= 4 is 11.7 Å². The van der Waals surface area contributed by atoms with Crippen LogP contribution in [0.3, 0.4) is 0 Å². The van der Waals surface area contributed by atoms with E-state index in [0.717, 1.165) is 17.4 Å². The summed E-state index contributed by atoms with van der Waals surface area (Å²) in [6.07, 6.45) is -3.38. The Bertz CT molecular complexity index is 1100. The Morgan fingerprint density at radius 2 is 1.89 bits per heavy atom. The molecule has 11 heteroatoms. The fraction of sp³-hybridized carbons (Fsp3) is 0.560. The van der Waals surface area contributed by atoms with Crippen LogP contribution >= 0.6 is 0 Å². The van der Waals surface area contributed by atoms with Gasteiger partial charge in [0, 0.05) is 44.3 Å². The van der Waals surface area contributed by atoms with E-state index < -0.39 is 29.6 Å². The molecule has 0 spiro atoms. The zero-order valence-corrected chi connectivity index (χ0v) is 20.5. The van der Waals surface area contributed by atoms with E-state index in [9.17, 15) is 27.5 Å². The summed E-state index contributed by atoms with van der Waals surface area (Å²) in [5.74, 6) is -1.60. The molecule has 2 aromatic rings. The van der Waals surface area contributed by atoms with Gasteiger partial charge in [-0.2, -0.15) is 13.2 Å². The first-order chi connectivity index (χ1) is 17.0. The Hall–Kier alpha value is -2.79. The summed E-state index contributed by atoms with van der Waals surface area (Å²) < 4.78 is 53.4. The number of fused-ring (bicyclic) bond motifs is 1. The van der Waals surface area contributed by atoms with Crippen molar-refractivity contribution in [3.63, 3.8) is 0 Å². The predicted molar refractivity (Wildman–Crippen MR) is 126 cm³/mol. The van der Waals surface area contributed by atoms with Gasteiger partial charge in [-0.1, -0.05) is 26.8 Å². The van der Waals surface area contributed by atoms with Gasteiger partial charge in [0.1, 0.15) is 18.0 Å². The Morgan fingerprint density at radius 3 is 2.50 bits per heavy atom. The first-order valence-corrected chi connectivity index (χ1v) is 12.1. The Labute approximate surface area is 207 Å². The Kier molecular flexibility index (Phi) is 7.51. The van der Waals surface area contributed by atoms with Crippen LogP contribution in [-0.4, -0.2) is 64.6 Å². The van der Waals surface area contributed by atoms with Crippen molar-refractivity contribution in [1.82, 2.24) is 20.2 Å². The van der Waals surface area contributed by atoms with Gasteiger partial charge in [0.25, 0.3) is 0 Å². The number of carbonyl (C=O) groups excluding carboxylic acids is 1. The molecular weight excluding hydrogens is 478 g/mol. The van der Waals surface area contributed by atoms with Gasteiger partial charge in [0.05, 0.1) is 23.3 Å². The van der Waals surface area contributed by atoms with E-state index in [1.807, 2.05) is 20.8 Å². The largest absolute Gasteiger partial charge is 0.419 e. The minimum Gasteiger partial charge on any atom is -0.387 e. The number of aliphatic hydroxyl groups is 1. The molecule has 1 saturated heterocycles. The van der Waals surface area contributed by atoms with E-state index in [1.165, 1.54) is 12.4 Å². The number of anilines is 1. The normalized spacial score (nSPS) is 21.1. The second kappa shape index (κ2) is 10.3. The number of aromatic nitrogens is 2. The van der Waals surface area contributed by atoms with Crippen molar-refractivity contribution in [2.75, 3.05) is 37.6 Å². The molecule has 0 radical (unpaired) electrons. The summed E-state index contributed by atoms with van der Waals surface area (Å²) in [7, 11) is 0. The van der Waals surface area contributed by atoms with E-state index >= 15 is 0 Å². The third-order valence-electron chi connectivity index (χ3n) is 6.90. The third-order valence-corrected chi connectivity index (χ3v) is 6.90. The molecule has 4 rings (SSSR count). The highest BCUT2D eigenvalue weighted by Gasteiger charge is 2.37. The molecule has 36 heavy (non-hydrogen) atoms. The lowest BCUT2D eigenvalue weighted by atomic mass is 9.95. The Morgan fingerprint density at radius 1 is 1.19 bits per heavy atom. The summed E-state index contributed by atoms with van der Waals surface area (Å²) in [5.41, 5.74) is 0.441. The molecule has 196 valence electrons. The van der Waals surface area contributed by atoms with Crippen LogP contribution in [0.4, 0.5) is 23.4 Å². The summed E-state index contributed by atoms with van der Waals surface area (Å²) in [6.45, 7) is 7.77. The van der Waals surface area contributed by atoms with Gasteiger partial charge in [0.2, 0.25) is 5.91 Å². The predicted octanol–water partition coefficient (Wildman–Crippen LogP) is 3.61. The van der Waals surface area contributed by atoms with Gasteiger partial charge in [-0.25, -0.2) is 14.4 Å². The molecular formula is C25H31F4N5O2. The van der Waals surface area contributed by atoms with E-state index in [1.54, 1.807) is 4.90 Å². The molecule has 2 N–H and O–H groups in total. The van der Waals surface area contributed by atoms with Crippen LogP contribution in [0, 0.1) is 5.82 Å². The quantitative estimate of drug-likeness (QED) is 0.580. The topological polar surface area (TPSA) is 81.6 Å². The number of amides is 1. The highest BCUT2D eigenvalue weighted by Crippen LogP contribution is 2.43. The van der Waals surface area contributed by atoms with Crippen LogP contribution in [0.2, 0.25) is 0 Å². The number of carbonyl (C=O) groups is 1. The number of alkyl halides is 3. The van der Waals surface area contributed by atoms with Crippen molar-refractivity contribution in [2.45, 2.75) is 57.3 Å². The Balaban J connectivity index is 1.51. The molecule has 0 saturated carbocycles. The fourth-order valence-corrected chi connectivity index (χ4v) is 4.99. The lowest BCUT2D eigenvalue weighted by molar-refractivity contribution is -0.140. The maximum Gasteiger partial charge on any atom is 0.419 e. The number of nitrogens with zero attached hydrogens (tertiary/aromatic N) is 4. The molecule has 1 fully saturated rings. The van der Waals surface area contributed by atoms with Crippen LogP contribution in [0.15, 0.2) is 24.5 Å². The smallest absolute Gasteiger partial charge is 0.387 e. The van der Waals surface area contributed by atoms with Gasteiger partial charge < -0.3 is 20.2 Å². The summed E-state index contributed by atoms with van der Waals surface area (Å²) in [5, 5.41) is 13.4. The lowest BCUT2D eigenvalue weighted by Gasteiger charge is -2.38. The van der Waals surface area contributed by atoms with E-state index in [2.05, 4.69) is 20.2 Å². The molecule has 1 amide bonds. The first kappa shape index (κ1) is 26.3. The second-order valence-corrected chi connectivity index (χ2v) is 9.81. The van der Waals surface area contributed by atoms with Crippen LogP contribution in [0.1, 0.15) is 67.5 Å². The maximum atomic E-state index is 14.3. The van der Waals surface area contributed by atoms with Gasteiger partial charge in [0.15, 0.2) is 0 Å². The number of halogens is 4. The van der Waals surface area contributed by atoms with Gasteiger partial charge in [-0.3, -0.25) is 4.79 Å². The van der Waals surface area contributed by atoms with Crippen molar-refractivity contribution < 1.29 is 27.5 Å². The van der Waals surface area contributed by atoms with Crippen LogP contribution in [0.25, 0.3) is 0 Å². The molecule has 3 unspecified atom stereocenters. The number of aliphatic hydroxyl groups excluding tert-OH is 1. The molecule has 3 atom stereocenters. The SMILES string of the molecule is CC(C)NCC(C(=O)N1CCN(c2ncnc3c2C(C)CC3O)CC1)c1ccc(C(F)(F)F)c(F)c1. The standard InChI is InChI=1S/C25H31F4N5O2/c1-14(2)30-12-17(16-4-5-18(19(26)11-16)25(27,28)29)24(36)34-8-6-33(7-9-34)23-21-15(3)10-20(35)22(21)31-13-32-23/h4-5,11,13-15,17,20,30,35H,6-10,12H2,1-3H3. The number of hydrogen-bond donors (Lipinski definition) is 2. The van der Waals surface area contributed by atoms with Gasteiger partial charge in [-0.15, -0.1) is 0 Å². The van der Waals surface area contributed by atoms with Crippen molar-refractivity contribution in [3.8, 4) is 0 Å². The first-order valence-electron chi connectivity index (χ1n) is 12.1. The van der Waals surface area contributed by atoms with Crippen molar-refractivity contribution in [2.24, 2.45) is 0 Å². The number of nitrogens with one attached hydrogen (secondary N) is 1. The van der Waals surface area contributed by atoms with Crippen molar-refractivity contribution in [3.05, 3.63) is 52.7 Å². The third kappa shape index (κ3) is 5.31. The number of hydrogen-bond acceptors (Lipinski definition) is 6. The summed E-state index contributed by atoms with van der Waals surface area (Å²) >= 11 is 0. The summed E-state index contributed by atoms with van der Waals surface area (Å²) in [6, 6.07) is 2.74. The highest BCUT2D eigenvalue weighted by atomic mass is 19.4. The van der Waals surface area contributed by atoms with Crippen molar-refractivity contribution in [1.29, 1.82) is 0 Å². The molecule has 2 aliphatic rings. The molecule has 0 bridgehead atoms. The zero-order chi connectivity index (χ0) is 26.2.